The third-order valence-electron chi connectivity index (χ3n) is 3.10. The number of nitrogens with zero attached hydrogens (tertiary/aromatic N) is 1. The number of methoxy groups -OCH3 is 1. The molecule has 2 N–H and O–H groups in total. The Hall–Kier alpha value is -1.61. The van der Waals surface area contributed by atoms with E-state index in [4.69, 9.17) is 21.5 Å². The summed E-state index contributed by atoms with van der Waals surface area (Å²) >= 11 is 7.24. The fourth-order valence-electron chi connectivity index (χ4n) is 1.98. The molecule has 1 aromatic heterocycles. The number of thiophene rings is 1. The first-order valence-corrected chi connectivity index (χ1v) is 9.17. The SMILES string of the molecule is COc1ccc(S(N)(=O)=O)cc1C(=O)N(C)Cc1ccc(Cl)s1. The van der Waals surface area contributed by atoms with E-state index in [0.717, 1.165) is 4.88 Å². The van der Waals surface area contributed by atoms with Crippen LogP contribution in [0.1, 0.15) is 15.2 Å². The molecule has 0 spiro atoms. The van der Waals surface area contributed by atoms with Gasteiger partial charge in [0.25, 0.3) is 5.91 Å². The normalized spacial score (nSPS) is 11.3. The van der Waals surface area contributed by atoms with E-state index >= 15 is 0 Å². The standard InChI is InChI=1S/C14H15ClN2O4S2/c1-17(8-9-3-6-13(15)22-9)14(18)11-7-10(23(16,19)20)4-5-12(11)21-2/h3-7H,8H2,1-2H3,(H2,16,19,20). The molecule has 0 unspecified atom stereocenters. The predicted octanol–water partition coefficient (Wildman–Crippen LogP) is 2.33. The Morgan fingerprint density at radius 1 is 1.35 bits per heavy atom. The average molecular weight is 375 g/mol. The minimum Gasteiger partial charge on any atom is -0.496 e. The zero-order chi connectivity index (χ0) is 17.2. The number of halogens is 1. The number of amides is 1. The number of primary sulfonamides is 1. The summed E-state index contributed by atoms with van der Waals surface area (Å²) < 4.78 is 28.7. The van der Waals surface area contributed by atoms with Gasteiger partial charge in [0.15, 0.2) is 0 Å². The van der Waals surface area contributed by atoms with Gasteiger partial charge in [-0.15, -0.1) is 11.3 Å². The summed E-state index contributed by atoms with van der Waals surface area (Å²) in [6, 6.07) is 7.50. The van der Waals surface area contributed by atoms with Crippen LogP contribution in [-0.4, -0.2) is 33.4 Å². The lowest BCUT2D eigenvalue weighted by Gasteiger charge is -2.18. The predicted molar refractivity (Wildman–Crippen MR) is 89.5 cm³/mol. The van der Waals surface area contributed by atoms with Gasteiger partial charge in [-0.05, 0) is 30.3 Å². The first kappa shape index (κ1) is 17.7. The monoisotopic (exact) mass is 374 g/mol. The maximum absolute atomic E-state index is 12.6. The number of benzene rings is 1. The van der Waals surface area contributed by atoms with E-state index < -0.39 is 10.0 Å². The van der Waals surface area contributed by atoms with Crippen LogP contribution in [-0.2, 0) is 16.6 Å². The van der Waals surface area contributed by atoms with Crippen molar-refractivity contribution in [3.63, 3.8) is 0 Å². The molecule has 0 saturated heterocycles. The number of ether oxygens (including phenoxy) is 1. The summed E-state index contributed by atoms with van der Waals surface area (Å²) in [6.07, 6.45) is 0. The highest BCUT2D eigenvalue weighted by Gasteiger charge is 2.20. The van der Waals surface area contributed by atoms with Gasteiger partial charge in [0, 0.05) is 11.9 Å². The summed E-state index contributed by atoms with van der Waals surface area (Å²) in [7, 11) is -0.892. The zero-order valence-corrected chi connectivity index (χ0v) is 14.8. The topological polar surface area (TPSA) is 89.7 Å². The van der Waals surface area contributed by atoms with Crippen molar-refractivity contribution in [3.05, 3.63) is 45.1 Å². The van der Waals surface area contributed by atoms with Gasteiger partial charge in [-0.1, -0.05) is 11.6 Å². The maximum atomic E-state index is 12.6. The van der Waals surface area contributed by atoms with Gasteiger partial charge in [0.05, 0.1) is 28.4 Å². The van der Waals surface area contributed by atoms with Crippen molar-refractivity contribution in [2.24, 2.45) is 5.14 Å². The molecule has 9 heteroatoms. The van der Waals surface area contributed by atoms with E-state index in [0.29, 0.717) is 10.9 Å². The third-order valence-corrected chi connectivity index (χ3v) is 5.23. The van der Waals surface area contributed by atoms with Crippen LogP contribution in [0.4, 0.5) is 0 Å². The molecule has 0 radical (unpaired) electrons. The molecule has 0 aliphatic heterocycles. The van der Waals surface area contributed by atoms with Crippen molar-refractivity contribution in [1.29, 1.82) is 0 Å². The molecule has 2 rings (SSSR count). The molecule has 2 aromatic rings. The van der Waals surface area contributed by atoms with Gasteiger partial charge >= 0.3 is 0 Å². The number of sulfonamides is 1. The third kappa shape index (κ3) is 4.23. The van der Waals surface area contributed by atoms with Gasteiger partial charge in [-0.3, -0.25) is 4.79 Å². The second kappa shape index (κ2) is 6.88. The maximum Gasteiger partial charge on any atom is 0.257 e. The van der Waals surface area contributed by atoms with Gasteiger partial charge in [0.1, 0.15) is 5.75 Å². The molecule has 0 saturated carbocycles. The van der Waals surface area contributed by atoms with Crippen LogP contribution < -0.4 is 9.88 Å². The molecule has 1 amide bonds. The van der Waals surface area contributed by atoms with Crippen molar-refractivity contribution in [2.75, 3.05) is 14.2 Å². The molecule has 0 fully saturated rings. The lowest BCUT2D eigenvalue weighted by atomic mass is 10.1. The van der Waals surface area contributed by atoms with Gasteiger partial charge in [-0.25, -0.2) is 13.6 Å². The highest BCUT2D eigenvalue weighted by atomic mass is 35.5. The van der Waals surface area contributed by atoms with Crippen LogP contribution in [0.25, 0.3) is 0 Å². The lowest BCUT2D eigenvalue weighted by Crippen LogP contribution is -2.26. The quantitative estimate of drug-likeness (QED) is 0.869. The highest BCUT2D eigenvalue weighted by molar-refractivity contribution is 7.89. The Balaban J connectivity index is 2.33. The van der Waals surface area contributed by atoms with E-state index in [1.54, 1.807) is 13.1 Å². The fraction of sp³-hybridized carbons (Fsp3) is 0.214. The number of nitrogens with two attached hydrogens (primary N) is 1. The van der Waals surface area contributed by atoms with Crippen molar-refractivity contribution in [2.45, 2.75) is 11.4 Å². The molecule has 124 valence electrons. The van der Waals surface area contributed by atoms with Crippen LogP contribution in [0.3, 0.4) is 0 Å². The molecule has 1 heterocycles. The molecule has 1 aromatic carbocycles. The summed E-state index contributed by atoms with van der Waals surface area (Å²) in [4.78, 5) is 14.8. The summed E-state index contributed by atoms with van der Waals surface area (Å²) in [5, 5.41) is 5.11. The van der Waals surface area contributed by atoms with Crippen LogP contribution >= 0.6 is 22.9 Å². The Bertz CT molecular complexity index is 833. The first-order valence-electron chi connectivity index (χ1n) is 6.43. The highest BCUT2D eigenvalue weighted by Crippen LogP contribution is 2.26. The van der Waals surface area contributed by atoms with Crippen molar-refractivity contribution >= 4 is 38.9 Å². The number of hydrogen-bond acceptors (Lipinski definition) is 5. The van der Waals surface area contributed by atoms with Crippen LogP contribution in [0, 0.1) is 0 Å². The van der Waals surface area contributed by atoms with Crippen LogP contribution in [0.15, 0.2) is 35.2 Å². The molecular weight excluding hydrogens is 360 g/mol. The first-order chi connectivity index (χ1) is 10.7. The van der Waals surface area contributed by atoms with E-state index in [-0.39, 0.29) is 22.1 Å². The number of carbonyl (C=O) groups is 1. The summed E-state index contributed by atoms with van der Waals surface area (Å²) in [5.41, 5.74) is 0.129. The minimum atomic E-state index is -3.91. The van der Waals surface area contributed by atoms with Crippen LogP contribution in [0.5, 0.6) is 5.75 Å². The smallest absolute Gasteiger partial charge is 0.257 e. The van der Waals surface area contributed by atoms with Crippen molar-refractivity contribution in [3.8, 4) is 5.75 Å². The lowest BCUT2D eigenvalue weighted by molar-refractivity contribution is 0.0783. The Morgan fingerprint density at radius 3 is 2.57 bits per heavy atom. The van der Waals surface area contributed by atoms with Gasteiger partial charge in [0.2, 0.25) is 10.0 Å². The summed E-state index contributed by atoms with van der Waals surface area (Å²) in [5.74, 6) is -0.102. The number of hydrogen-bond donors (Lipinski definition) is 1. The molecule has 6 nitrogen and oxygen atoms in total. The Kier molecular flexibility index (Phi) is 5.30. The molecule has 0 bridgehead atoms. The zero-order valence-electron chi connectivity index (χ0n) is 12.4. The molecule has 23 heavy (non-hydrogen) atoms. The van der Waals surface area contributed by atoms with Gasteiger partial charge in [-0.2, -0.15) is 0 Å². The number of carbonyl (C=O) groups excluding carboxylic acids is 1. The number of rotatable bonds is 5. The van der Waals surface area contributed by atoms with Crippen molar-refractivity contribution in [1.82, 2.24) is 4.90 Å². The second-order valence-electron chi connectivity index (χ2n) is 4.77. The molecule has 0 aliphatic carbocycles. The van der Waals surface area contributed by atoms with E-state index in [1.807, 2.05) is 6.07 Å². The molecular formula is C14H15ClN2O4S2. The van der Waals surface area contributed by atoms with Crippen molar-refractivity contribution < 1.29 is 17.9 Å². The van der Waals surface area contributed by atoms with Gasteiger partial charge < -0.3 is 9.64 Å². The Morgan fingerprint density at radius 2 is 2.04 bits per heavy atom. The minimum absolute atomic E-state index is 0.129. The van der Waals surface area contributed by atoms with E-state index in [9.17, 15) is 13.2 Å². The molecule has 0 aliphatic rings. The molecule has 0 atom stereocenters. The van der Waals surface area contributed by atoms with Crippen LogP contribution in [0.2, 0.25) is 4.34 Å². The largest absolute Gasteiger partial charge is 0.496 e. The van der Waals surface area contributed by atoms with E-state index in [2.05, 4.69) is 0 Å². The fourth-order valence-corrected chi connectivity index (χ4v) is 3.66. The average Bonchev–Trinajstić information content (AvgIpc) is 2.89. The Labute approximate surface area is 143 Å². The van der Waals surface area contributed by atoms with E-state index in [1.165, 1.54) is 41.5 Å². The summed E-state index contributed by atoms with van der Waals surface area (Å²) in [6.45, 7) is 0.346. The second-order valence-corrected chi connectivity index (χ2v) is 8.14.